The number of hydrogen-bond donors (Lipinski definition) is 1. The first-order valence-corrected chi connectivity index (χ1v) is 6.93. The van der Waals surface area contributed by atoms with Gasteiger partial charge in [0, 0.05) is 27.9 Å². The summed E-state index contributed by atoms with van der Waals surface area (Å²) in [7, 11) is 0. The summed E-state index contributed by atoms with van der Waals surface area (Å²) < 4.78 is 13.6. The number of benzene rings is 1. The first-order chi connectivity index (χ1) is 8.58. The highest BCUT2D eigenvalue weighted by Crippen LogP contribution is 2.22. The third-order valence-corrected chi connectivity index (χ3v) is 4.32. The van der Waals surface area contributed by atoms with Gasteiger partial charge >= 0.3 is 0 Å². The number of thiophene rings is 1. The molecule has 18 heavy (non-hydrogen) atoms. The molecule has 0 amide bonds. The topological polar surface area (TPSA) is 12.0 Å². The van der Waals surface area contributed by atoms with E-state index >= 15 is 0 Å². The maximum Gasteiger partial charge on any atom is 0.127 e. The molecule has 1 aromatic carbocycles. The van der Waals surface area contributed by atoms with Crippen LogP contribution in [0, 0.1) is 19.7 Å². The van der Waals surface area contributed by atoms with E-state index in [2.05, 4.69) is 25.2 Å². The van der Waals surface area contributed by atoms with Gasteiger partial charge in [0.15, 0.2) is 0 Å². The van der Waals surface area contributed by atoms with Gasteiger partial charge in [0.25, 0.3) is 0 Å². The molecule has 0 bridgehead atoms. The van der Waals surface area contributed by atoms with Crippen LogP contribution in [0.2, 0.25) is 0 Å². The van der Waals surface area contributed by atoms with E-state index in [-0.39, 0.29) is 11.9 Å². The number of halogens is 1. The van der Waals surface area contributed by atoms with Gasteiger partial charge in [0.1, 0.15) is 5.82 Å². The van der Waals surface area contributed by atoms with Gasteiger partial charge in [-0.3, -0.25) is 0 Å². The molecule has 1 unspecified atom stereocenters. The SMILES string of the molecule is Cc1cc(CNC(C)c2ccccc2F)sc1C. The fraction of sp³-hybridized carbons (Fsp3) is 0.333. The Bertz CT molecular complexity index is 514. The Morgan fingerprint density at radius 2 is 2.00 bits per heavy atom. The van der Waals surface area contributed by atoms with Gasteiger partial charge in [0.05, 0.1) is 0 Å². The molecule has 1 nitrogen and oxygen atoms in total. The standard InChI is InChI=1S/C15H18FNS/c1-10-8-13(18-12(10)3)9-17-11(2)14-6-4-5-7-15(14)16/h4-8,11,17H,9H2,1-3H3. The molecular weight excluding hydrogens is 245 g/mol. The Morgan fingerprint density at radius 1 is 1.28 bits per heavy atom. The molecule has 0 saturated heterocycles. The highest BCUT2D eigenvalue weighted by molar-refractivity contribution is 7.12. The molecular formula is C15H18FNS. The molecule has 0 spiro atoms. The molecule has 96 valence electrons. The monoisotopic (exact) mass is 263 g/mol. The van der Waals surface area contributed by atoms with Crippen molar-refractivity contribution in [2.24, 2.45) is 0 Å². The van der Waals surface area contributed by atoms with Crippen LogP contribution < -0.4 is 5.32 Å². The molecule has 1 N–H and O–H groups in total. The van der Waals surface area contributed by atoms with Crippen LogP contribution in [0.4, 0.5) is 4.39 Å². The highest BCUT2D eigenvalue weighted by atomic mass is 32.1. The van der Waals surface area contributed by atoms with E-state index in [0.717, 1.165) is 12.1 Å². The molecule has 3 heteroatoms. The minimum absolute atomic E-state index is 0.0221. The van der Waals surface area contributed by atoms with Crippen molar-refractivity contribution < 1.29 is 4.39 Å². The largest absolute Gasteiger partial charge is 0.305 e. The molecule has 0 fully saturated rings. The fourth-order valence-corrected chi connectivity index (χ4v) is 2.93. The van der Waals surface area contributed by atoms with E-state index in [4.69, 9.17) is 0 Å². The van der Waals surface area contributed by atoms with Crippen molar-refractivity contribution in [2.75, 3.05) is 0 Å². The predicted molar refractivity (Wildman–Crippen MR) is 75.4 cm³/mol. The highest BCUT2D eigenvalue weighted by Gasteiger charge is 2.10. The molecule has 0 aliphatic carbocycles. The van der Waals surface area contributed by atoms with Crippen LogP contribution in [0.3, 0.4) is 0 Å². The van der Waals surface area contributed by atoms with E-state index in [1.54, 1.807) is 17.4 Å². The number of nitrogens with one attached hydrogen (secondary N) is 1. The summed E-state index contributed by atoms with van der Waals surface area (Å²) in [6.45, 7) is 7.03. The van der Waals surface area contributed by atoms with Gasteiger partial charge in [-0.2, -0.15) is 0 Å². The van der Waals surface area contributed by atoms with E-state index in [1.807, 2.05) is 19.1 Å². The fourth-order valence-electron chi connectivity index (χ4n) is 1.93. The number of hydrogen-bond acceptors (Lipinski definition) is 2. The van der Waals surface area contributed by atoms with Gasteiger partial charge in [-0.1, -0.05) is 18.2 Å². The van der Waals surface area contributed by atoms with Crippen molar-refractivity contribution in [2.45, 2.75) is 33.4 Å². The van der Waals surface area contributed by atoms with E-state index in [1.165, 1.54) is 21.4 Å². The molecule has 0 aliphatic heterocycles. The summed E-state index contributed by atoms with van der Waals surface area (Å²) in [4.78, 5) is 2.65. The molecule has 0 radical (unpaired) electrons. The lowest BCUT2D eigenvalue weighted by molar-refractivity contribution is 0.530. The minimum atomic E-state index is -0.143. The van der Waals surface area contributed by atoms with Crippen molar-refractivity contribution in [3.8, 4) is 0 Å². The molecule has 1 heterocycles. The molecule has 0 saturated carbocycles. The molecule has 2 rings (SSSR count). The zero-order valence-corrected chi connectivity index (χ0v) is 11.8. The van der Waals surface area contributed by atoms with E-state index in [0.29, 0.717) is 0 Å². The first-order valence-electron chi connectivity index (χ1n) is 6.11. The zero-order chi connectivity index (χ0) is 13.1. The van der Waals surface area contributed by atoms with Crippen molar-refractivity contribution in [1.29, 1.82) is 0 Å². The van der Waals surface area contributed by atoms with Crippen LogP contribution in [0.1, 0.15) is 33.8 Å². The van der Waals surface area contributed by atoms with Crippen LogP contribution in [-0.2, 0) is 6.54 Å². The predicted octanol–water partition coefficient (Wildman–Crippen LogP) is 4.35. The summed E-state index contributed by atoms with van der Waals surface area (Å²) in [6.07, 6.45) is 0. The van der Waals surface area contributed by atoms with Gasteiger partial charge in [-0.25, -0.2) is 4.39 Å². The summed E-state index contributed by atoms with van der Waals surface area (Å²) in [5.74, 6) is -0.143. The lowest BCUT2D eigenvalue weighted by atomic mass is 10.1. The summed E-state index contributed by atoms with van der Waals surface area (Å²) in [6, 6.07) is 9.15. The Kier molecular flexibility index (Phi) is 4.15. The quantitative estimate of drug-likeness (QED) is 0.864. The Balaban J connectivity index is 2.00. The minimum Gasteiger partial charge on any atom is -0.305 e. The molecule has 2 aromatic rings. The van der Waals surface area contributed by atoms with E-state index in [9.17, 15) is 4.39 Å². The zero-order valence-electron chi connectivity index (χ0n) is 11.0. The second-order valence-corrected chi connectivity index (χ2v) is 5.92. The first kappa shape index (κ1) is 13.2. The summed E-state index contributed by atoms with van der Waals surface area (Å²) >= 11 is 1.80. The Morgan fingerprint density at radius 3 is 2.61 bits per heavy atom. The summed E-state index contributed by atoms with van der Waals surface area (Å²) in [5.41, 5.74) is 2.05. The normalized spacial score (nSPS) is 12.7. The van der Waals surface area contributed by atoms with Crippen LogP contribution in [-0.4, -0.2) is 0 Å². The van der Waals surface area contributed by atoms with Crippen molar-refractivity contribution in [3.63, 3.8) is 0 Å². The Hall–Kier alpha value is -1.19. The summed E-state index contributed by atoms with van der Waals surface area (Å²) in [5, 5.41) is 3.37. The Labute approximate surface area is 112 Å². The van der Waals surface area contributed by atoms with Gasteiger partial charge in [0.2, 0.25) is 0 Å². The maximum atomic E-state index is 13.6. The maximum absolute atomic E-state index is 13.6. The third kappa shape index (κ3) is 2.98. The third-order valence-electron chi connectivity index (χ3n) is 3.17. The second-order valence-electron chi connectivity index (χ2n) is 4.58. The average Bonchev–Trinajstić information content (AvgIpc) is 2.66. The molecule has 0 aliphatic rings. The molecule has 1 atom stereocenters. The van der Waals surface area contributed by atoms with Crippen molar-refractivity contribution in [1.82, 2.24) is 5.32 Å². The van der Waals surface area contributed by atoms with Gasteiger partial charge in [-0.15, -0.1) is 11.3 Å². The van der Waals surface area contributed by atoms with Gasteiger partial charge in [-0.05, 0) is 38.5 Å². The van der Waals surface area contributed by atoms with Crippen molar-refractivity contribution in [3.05, 3.63) is 57.0 Å². The second kappa shape index (κ2) is 5.63. The van der Waals surface area contributed by atoms with Crippen LogP contribution in [0.15, 0.2) is 30.3 Å². The molecule has 1 aromatic heterocycles. The van der Waals surface area contributed by atoms with Crippen LogP contribution in [0.25, 0.3) is 0 Å². The smallest absolute Gasteiger partial charge is 0.127 e. The number of rotatable bonds is 4. The van der Waals surface area contributed by atoms with Crippen LogP contribution in [0.5, 0.6) is 0 Å². The van der Waals surface area contributed by atoms with Crippen LogP contribution >= 0.6 is 11.3 Å². The average molecular weight is 263 g/mol. The van der Waals surface area contributed by atoms with Gasteiger partial charge < -0.3 is 5.32 Å². The van der Waals surface area contributed by atoms with Crippen molar-refractivity contribution >= 4 is 11.3 Å². The lowest BCUT2D eigenvalue weighted by Gasteiger charge is -2.14. The lowest BCUT2D eigenvalue weighted by Crippen LogP contribution is -2.18. The number of aryl methyl sites for hydroxylation is 2. The van der Waals surface area contributed by atoms with E-state index < -0.39 is 0 Å².